The van der Waals surface area contributed by atoms with Gasteiger partial charge in [-0.15, -0.1) is 0 Å². The van der Waals surface area contributed by atoms with Crippen molar-refractivity contribution in [1.82, 2.24) is 0 Å². The first-order valence-corrected chi connectivity index (χ1v) is 8.25. The van der Waals surface area contributed by atoms with Crippen LogP contribution in [0.5, 0.6) is 5.75 Å². The van der Waals surface area contributed by atoms with Gasteiger partial charge in [0.2, 0.25) is 11.8 Å². The van der Waals surface area contributed by atoms with E-state index in [1.54, 1.807) is 48.5 Å². The molecule has 0 aromatic heterocycles. The Labute approximate surface area is 155 Å². The Bertz CT molecular complexity index is 894. The maximum atomic E-state index is 12.4. The number of hydrogen-bond acceptors (Lipinski definition) is 6. The molecular formula is C19H18N4O4. The summed E-state index contributed by atoms with van der Waals surface area (Å²) in [4.78, 5) is 35.2. The van der Waals surface area contributed by atoms with E-state index in [1.807, 2.05) is 6.07 Å². The van der Waals surface area contributed by atoms with Crippen molar-refractivity contribution in [3.8, 4) is 5.75 Å². The van der Waals surface area contributed by atoms with Crippen molar-refractivity contribution in [2.45, 2.75) is 19.4 Å². The molecule has 3 rings (SSSR count). The number of esters is 1. The molecule has 0 aliphatic carbocycles. The molecule has 138 valence electrons. The van der Waals surface area contributed by atoms with Crippen LogP contribution in [0.25, 0.3) is 0 Å². The third-order valence-corrected chi connectivity index (χ3v) is 3.88. The summed E-state index contributed by atoms with van der Waals surface area (Å²) in [5.74, 6) is -1.14. The summed E-state index contributed by atoms with van der Waals surface area (Å²) in [6.45, 7) is 1.40. The molecule has 1 heterocycles. The van der Waals surface area contributed by atoms with Crippen molar-refractivity contribution in [3.63, 3.8) is 0 Å². The second-order valence-corrected chi connectivity index (χ2v) is 5.94. The average molecular weight is 366 g/mol. The van der Waals surface area contributed by atoms with E-state index in [4.69, 9.17) is 10.5 Å². The number of hydrazone groups is 1. The van der Waals surface area contributed by atoms with Crippen LogP contribution in [0.4, 0.5) is 11.4 Å². The molecule has 1 atom stereocenters. The largest absolute Gasteiger partial charge is 0.422 e. The number of ether oxygens (including phenoxy) is 1. The van der Waals surface area contributed by atoms with Gasteiger partial charge in [0.25, 0.3) is 0 Å². The van der Waals surface area contributed by atoms with Crippen molar-refractivity contribution >= 4 is 34.9 Å². The third-order valence-electron chi connectivity index (χ3n) is 3.88. The SMILES string of the molecule is CC(=O)Nc1ccc(OC(=O)C2=NN(c3ccccc3)C(C(N)=O)C2)cc1. The van der Waals surface area contributed by atoms with E-state index < -0.39 is 17.9 Å². The lowest BCUT2D eigenvalue weighted by Crippen LogP contribution is -2.39. The number of amides is 2. The Morgan fingerprint density at radius 3 is 2.37 bits per heavy atom. The molecule has 0 saturated heterocycles. The van der Waals surface area contributed by atoms with Crippen LogP contribution in [0.1, 0.15) is 13.3 Å². The van der Waals surface area contributed by atoms with Crippen LogP contribution < -0.4 is 20.8 Å². The first kappa shape index (κ1) is 18.1. The number of para-hydroxylation sites is 1. The van der Waals surface area contributed by atoms with Crippen molar-refractivity contribution in [3.05, 3.63) is 54.6 Å². The Morgan fingerprint density at radius 1 is 1.11 bits per heavy atom. The van der Waals surface area contributed by atoms with Crippen molar-refractivity contribution < 1.29 is 19.1 Å². The van der Waals surface area contributed by atoms with Crippen molar-refractivity contribution in [2.24, 2.45) is 10.8 Å². The summed E-state index contributed by atoms with van der Waals surface area (Å²) in [6.07, 6.45) is 0.0625. The smallest absolute Gasteiger partial charge is 0.359 e. The van der Waals surface area contributed by atoms with Gasteiger partial charge in [0.15, 0.2) is 0 Å². The summed E-state index contributed by atoms with van der Waals surface area (Å²) in [5.41, 5.74) is 6.81. The van der Waals surface area contributed by atoms with Gasteiger partial charge in [0.05, 0.1) is 5.69 Å². The van der Waals surface area contributed by atoms with Gasteiger partial charge in [-0.1, -0.05) is 18.2 Å². The first-order valence-electron chi connectivity index (χ1n) is 8.25. The average Bonchev–Trinajstić information content (AvgIpc) is 3.09. The second-order valence-electron chi connectivity index (χ2n) is 5.94. The molecule has 3 N–H and O–H groups in total. The molecule has 0 radical (unpaired) electrons. The van der Waals surface area contributed by atoms with E-state index in [0.29, 0.717) is 17.1 Å². The summed E-state index contributed by atoms with van der Waals surface area (Å²) in [5, 5.41) is 8.28. The summed E-state index contributed by atoms with van der Waals surface area (Å²) in [6, 6.07) is 14.6. The lowest BCUT2D eigenvalue weighted by molar-refractivity contribution is -0.127. The van der Waals surface area contributed by atoms with E-state index in [9.17, 15) is 14.4 Å². The minimum absolute atomic E-state index is 0.0625. The third kappa shape index (κ3) is 4.30. The van der Waals surface area contributed by atoms with Crippen LogP contribution in [-0.2, 0) is 14.4 Å². The standard InChI is InChI=1S/C19H18N4O4/c1-12(24)21-13-7-9-15(10-8-13)27-19(26)16-11-17(18(20)25)23(22-16)14-5-3-2-4-6-14/h2-10,17H,11H2,1H3,(H2,20,25)(H,21,24). The molecule has 1 aliphatic heterocycles. The fourth-order valence-electron chi connectivity index (χ4n) is 2.65. The molecular weight excluding hydrogens is 348 g/mol. The number of primary amides is 1. The molecule has 0 spiro atoms. The molecule has 1 aliphatic rings. The van der Waals surface area contributed by atoms with Gasteiger partial charge in [0, 0.05) is 19.0 Å². The molecule has 1 unspecified atom stereocenters. The normalized spacial score (nSPS) is 15.8. The molecule has 0 fully saturated rings. The van der Waals surface area contributed by atoms with E-state index in [-0.39, 0.29) is 18.0 Å². The number of benzene rings is 2. The fourth-order valence-corrected chi connectivity index (χ4v) is 2.65. The Balaban J connectivity index is 1.74. The van der Waals surface area contributed by atoms with Gasteiger partial charge in [0.1, 0.15) is 17.5 Å². The minimum Gasteiger partial charge on any atom is -0.422 e. The van der Waals surface area contributed by atoms with Crippen LogP contribution >= 0.6 is 0 Å². The highest BCUT2D eigenvalue weighted by atomic mass is 16.5. The highest BCUT2D eigenvalue weighted by molar-refractivity contribution is 6.38. The molecule has 8 nitrogen and oxygen atoms in total. The summed E-state index contributed by atoms with van der Waals surface area (Å²) >= 11 is 0. The van der Waals surface area contributed by atoms with Crippen LogP contribution in [0.3, 0.4) is 0 Å². The van der Waals surface area contributed by atoms with Gasteiger partial charge in [-0.25, -0.2) is 4.79 Å². The first-order chi connectivity index (χ1) is 12.9. The maximum absolute atomic E-state index is 12.4. The topological polar surface area (TPSA) is 114 Å². The zero-order valence-corrected chi connectivity index (χ0v) is 14.6. The molecule has 8 heteroatoms. The number of rotatable bonds is 5. The highest BCUT2D eigenvalue weighted by Gasteiger charge is 2.35. The number of carbonyl (C=O) groups excluding carboxylic acids is 3. The summed E-state index contributed by atoms with van der Waals surface area (Å²) < 4.78 is 5.31. The molecule has 0 saturated carbocycles. The van der Waals surface area contributed by atoms with E-state index >= 15 is 0 Å². The Kier molecular flexibility index (Phi) is 5.16. The Hall–Kier alpha value is -3.68. The molecule has 2 aromatic carbocycles. The molecule has 0 bridgehead atoms. The summed E-state index contributed by atoms with van der Waals surface area (Å²) in [7, 11) is 0. The van der Waals surface area contributed by atoms with E-state index in [0.717, 1.165) is 0 Å². The Morgan fingerprint density at radius 2 is 1.78 bits per heavy atom. The number of carbonyl (C=O) groups is 3. The number of nitrogens with zero attached hydrogens (tertiary/aromatic N) is 2. The highest BCUT2D eigenvalue weighted by Crippen LogP contribution is 2.25. The van der Waals surface area contributed by atoms with Gasteiger partial charge in [-0.3, -0.25) is 14.6 Å². The predicted molar refractivity (Wildman–Crippen MR) is 100 cm³/mol. The van der Waals surface area contributed by atoms with Crippen molar-refractivity contribution in [2.75, 3.05) is 10.3 Å². The lowest BCUT2D eigenvalue weighted by atomic mass is 10.1. The fraction of sp³-hybridized carbons (Fsp3) is 0.158. The van der Waals surface area contributed by atoms with Gasteiger partial charge in [-0.05, 0) is 36.4 Å². The number of hydrogen-bond donors (Lipinski definition) is 2. The van der Waals surface area contributed by atoms with Gasteiger partial charge >= 0.3 is 5.97 Å². The quantitative estimate of drug-likeness (QED) is 0.617. The van der Waals surface area contributed by atoms with E-state index in [2.05, 4.69) is 10.4 Å². The van der Waals surface area contributed by atoms with Crippen LogP contribution in [0.15, 0.2) is 59.7 Å². The van der Waals surface area contributed by atoms with E-state index in [1.165, 1.54) is 11.9 Å². The number of nitrogens with one attached hydrogen (secondary N) is 1. The van der Waals surface area contributed by atoms with Crippen molar-refractivity contribution in [1.29, 1.82) is 0 Å². The van der Waals surface area contributed by atoms with Crippen LogP contribution in [0, 0.1) is 0 Å². The number of anilines is 2. The van der Waals surface area contributed by atoms with Crippen LogP contribution in [0.2, 0.25) is 0 Å². The molecule has 27 heavy (non-hydrogen) atoms. The van der Waals surface area contributed by atoms with Gasteiger partial charge < -0.3 is 15.8 Å². The zero-order valence-electron chi connectivity index (χ0n) is 14.6. The molecule has 2 aromatic rings. The van der Waals surface area contributed by atoms with Crippen LogP contribution in [-0.4, -0.2) is 29.5 Å². The lowest BCUT2D eigenvalue weighted by Gasteiger charge is -2.20. The predicted octanol–water partition coefficient (Wildman–Crippen LogP) is 1.67. The maximum Gasteiger partial charge on any atom is 0.359 e. The molecule has 2 amide bonds. The zero-order chi connectivity index (χ0) is 19.4. The van der Waals surface area contributed by atoms with Gasteiger partial charge in [-0.2, -0.15) is 5.10 Å². The minimum atomic E-state index is -0.753. The monoisotopic (exact) mass is 366 g/mol. The second kappa shape index (κ2) is 7.69. The number of nitrogens with two attached hydrogens (primary N) is 1.